The van der Waals surface area contributed by atoms with E-state index in [0.29, 0.717) is 17.0 Å². The van der Waals surface area contributed by atoms with Gasteiger partial charge in [0, 0.05) is 34.1 Å². The highest BCUT2D eigenvalue weighted by atomic mass is 35.5. The van der Waals surface area contributed by atoms with Crippen LogP contribution < -0.4 is 5.32 Å². The summed E-state index contributed by atoms with van der Waals surface area (Å²) in [7, 11) is 0. The number of aryl methyl sites for hydroxylation is 1. The predicted octanol–water partition coefficient (Wildman–Crippen LogP) is 4.45. The highest BCUT2D eigenvalue weighted by Crippen LogP contribution is 2.36. The summed E-state index contributed by atoms with van der Waals surface area (Å²) in [6.45, 7) is 0. The molecule has 0 spiro atoms. The summed E-state index contributed by atoms with van der Waals surface area (Å²) >= 11 is 6.12. The van der Waals surface area contributed by atoms with Gasteiger partial charge in [0.1, 0.15) is 0 Å². The quantitative estimate of drug-likeness (QED) is 0.538. The Kier molecular flexibility index (Phi) is 4.79. The molecule has 5 nitrogen and oxygen atoms in total. The van der Waals surface area contributed by atoms with Crippen molar-refractivity contribution < 1.29 is 14.7 Å². The van der Waals surface area contributed by atoms with E-state index >= 15 is 0 Å². The van der Waals surface area contributed by atoms with Crippen molar-refractivity contribution in [2.75, 3.05) is 5.32 Å². The van der Waals surface area contributed by atoms with E-state index in [-0.39, 0.29) is 12.3 Å². The van der Waals surface area contributed by atoms with Crippen molar-refractivity contribution in [2.45, 2.75) is 44.9 Å². The van der Waals surface area contributed by atoms with Crippen LogP contribution in [0, 0.1) is 0 Å². The number of aromatic nitrogens is 1. The van der Waals surface area contributed by atoms with Gasteiger partial charge in [-0.15, -0.1) is 0 Å². The van der Waals surface area contributed by atoms with Crippen LogP contribution in [-0.2, 0) is 28.9 Å². The average Bonchev–Trinajstić information content (AvgIpc) is 2.99. The molecule has 3 N–H and O–H groups in total. The fraction of sp³-hybridized carbons (Fsp3) is 0.333. The molecule has 4 rings (SSSR count). The Balaban J connectivity index is 1.80. The van der Waals surface area contributed by atoms with E-state index in [1.54, 1.807) is 18.2 Å². The second kappa shape index (κ2) is 7.24. The third-order valence-corrected chi connectivity index (χ3v) is 5.57. The molecule has 1 aliphatic carbocycles. The largest absolute Gasteiger partial charge is 0.481 e. The number of carboxylic acid groups (broad SMARTS) is 1. The van der Waals surface area contributed by atoms with E-state index in [2.05, 4.69) is 10.3 Å². The number of benzene rings is 1. The van der Waals surface area contributed by atoms with Crippen molar-refractivity contribution in [3.05, 3.63) is 51.3 Å². The predicted molar refractivity (Wildman–Crippen MR) is 106 cm³/mol. The summed E-state index contributed by atoms with van der Waals surface area (Å²) in [5.41, 5.74) is 6.39. The standard InChI is InChI=1S/C21H21ClN2O3/c22-12-6-8-18-15(10-12)16(21(27)24-18)11-19-14(7-9-20(25)26)13-4-2-1-3-5-17(13)23-19/h6,8,10-11,23H,1-5,7,9H2,(H,24,27)(H,25,26). The van der Waals surface area contributed by atoms with Crippen LogP contribution in [0.1, 0.15) is 53.8 Å². The smallest absolute Gasteiger partial charge is 0.303 e. The van der Waals surface area contributed by atoms with Gasteiger partial charge in [0.25, 0.3) is 5.91 Å². The number of carbonyl (C=O) groups is 2. The van der Waals surface area contributed by atoms with Gasteiger partial charge in [-0.3, -0.25) is 9.59 Å². The summed E-state index contributed by atoms with van der Waals surface area (Å²) in [5, 5.41) is 12.6. The number of anilines is 1. The molecule has 1 aromatic heterocycles. The van der Waals surface area contributed by atoms with Crippen molar-refractivity contribution in [1.29, 1.82) is 0 Å². The lowest BCUT2D eigenvalue weighted by atomic mass is 9.98. The number of nitrogens with one attached hydrogen (secondary N) is 2. The number of fused-ring (bicyclic) bond motifs is 2. The lowest BCUT2D eigenvalue weighted by Gasteiger charge is -2.05. The van der Waals surface area contributed by atoms with Crippen molar-refractivity contribution in [3.8, 4) is 0 Å². The molecule has 2 heterocycles. The van der Waals surface area contributed by atoms with Crippen LogP contribution in [0.2, 0.25) is 5.02 Å². The number of hydrogen-bond acceptors (Lipinski definition) is 2. The number of amides is 1. The summed E-state index contributed by atoms with van der Waals surface area (Å²) in [6.07, 6.45) is 7.74. The maximum absolute atomic E-state index is 12.5. The van der Waals surface area contributed by atoms with Gasteiger partial charge < -0.3 is 15.4 Å². The molecule has 1 aromatic carbocycles. The fourth-order valence-corrected chi connectivity index (χ4v) is 4.21. The second-order valence-corrected chi connectivity index (χ2v) is 7.57. The fourth-order valence-electron chi connectivity index (χ4n) is 4.04. The van der Waals surface area contributed by atoms with Crippen LogP contribution in [0.15, 0.2) is 18.2 Å². The Hall–Kier alpha value is -2.53. The van der Waals surface area contributed by atoms with Crippen LogP contribution in [-0.4, -0.2) is 22.0 Å². The lowest BCUT2D eigenvalue weighted by molar-refractivity contribution is -0.137. The third kappa shape index (κ3) is 3.52. The Morgan fingerprint density at radius 3 is 2.85 bits per heavy atom. The molecule has 2 aliphatic rings. The van der Waals surface area contributed by atoms with Crippen LogP contribution in [0.5, 0.6) is 0 Å². The summed E-state index contributed by atoms with van der Waals surface area (Å²) < 4.78 is 0. The molecule has 1 amide bonds. The Morgan fingerprint density at radius 2 is 2.04 bits per heavy atom. The number of halogens is 1. The minimum Gasteiger partial charge on any atom is -0.481 e. The molecule has 0 saturated heterocycles. The van der Waals surface area contributed by atoms with Crippen LogP contribution in [0.25, 0.3) is 11.6 Å². The maximum atomic E-state index is 12.5. The van der Waals surface area contributed by atoms with E-state index in [9.17, 15) is 9.59 Å². The first-order valence-electron chi connectivity index (χ1n) is 9.30. The van der Waals surface area contributed by atoms with Crippen molar-refractivity contribution in [2.24, 2.45) is 0 Å². The molecule has 6 heteroatoms. The highest BCUT2D eigenvalue weighted by Gasteiger charge is 2.26. The molecule has 140 valence electrons. The molecular weight excluding hydrogens is 364 g/mol. The van der Waals surface area contributed by atoms with Gasteiger partial charge >= 0.3 is 5.97 Å². The molecule has 27 heavy (non-hydrogen) atoms. The van der Waals surface area contributed by atoms with Crippen molar-refractivity contribution in [3.63, 3.8) is 0 Å². The average molecular weight is 385 g/mol. The van der Waals surface area contributed by atoms with Crippen molar-refractivity contribution >= 4 is 40.8 Å². The van der Waals surface area contributed by atoms with Gasteiger partial charge in [0.15, 0.2) is 0 Å². The molecule has 0 saturated carbocycles. The molecule has 1 aliphatic heterocycles. The zero-order chi connectivity index (χ0) is 19.0. The number of carboxylic acids is 1. The SMILES string of the molecule is O=C(O)CCc1c(C=C2C(=O)Nc3ccc(Cl)cc32)[nH]c2c1CCCCC2. The van der Waals surface area contributed by atoms with E-state index in [1.165, 1.54) is 17.7 Å². The van der Waals surface area contributed by atoms with Gasteiger partial charge in [0.2, 0.25) is 0 Å². The van der Waals surface area contributed by atoms with Gasteiger partial charge in [-0.25, -0.2) is 0 Å². The first-order chi connectivity index (χ1) is 13.0. The Bertz CT molecular complexity index is 959. The van der Waals surface area contributed by atoms with E-state index in [0.717, 1.165) is 48.2 Å². The number of hydrogen-bond donors (Lipinski definition) is 3. The minimum atomic E-state index is -0.812. The number of carbonyl (C=O) groups excluding carboxylic acids is 1. The van der Waals surface area contributed by atoms with Crippen LogP contribution >= 0.6 is 11.6 Å². The second-order valence-electron chi connectivity index (χ2n) is 7.13. The lowest BCUT2D eigenvalue weighted by Crippen LogP contribution is -2.04. The maximum Gasteiger partial charge on any atom is 0.303 e. The molecule has 0 atom stereocenters. The number of rotatable bonds is 4. The van der Waals surface area contributed by atoms with Gasteiger partial charge in [0.05, 0.1) is 5.57 Å². The van der Waals surface area contributed by atoms with E-state index in [1.807, 2.05) is 6.08 Å². The van der Waals surface area contributed by atoms with Crippen molar-refractivity contribution in [1.82, 2.24) is 4.98 Å². The van der Waals surface area contributed by atoms with Gasteiger partial charge in [-0.05, 0) is 67.5 Å². The normalized spacial score (nSPS) is 17.4. The summed E-state index contributed by atoms with van der Waals surface area (Å²) in [6, 6.07) is 5.33. The molecule has 0 fully saturated rings. The third-order valence-electron chi connectivity index (χ3n) is 5.33. The Morgan fingerprint density at radius 1 is 1.22 bits per heavy atom. The molecule has 0 radical (unpaired) electrons. The number of aliphatic carboxylic acids is 1. The monoisotopic (exact) mass is 384 g/mol. The highest BCUT2D eigenvalue weighted by molar-refractivity contribution is 6.36. The molecule has 0 bridgehead atoms. The first-order valence-corrected chi connectivity index (χ1v) is 9.68. The first kappa shape index (κ1) is 17.9. The summed E-state index contributed by atoms with van der Waals surface area (Å²) in [4.78, 5) is 27.1. The molecule has 2 aromatic rings. The number of H-pyrrole nitrogens is 1. The minimum absolute atomic E-state index is 0.0785. The zero-order valence-electron chi connectivity index (χ0n) is 14.9. The number of aromatic amines is 1. The van der Waals surface area contributed by atoms with Crippen LogP contribution in [0.3, 0.4) is 0 Å². The van der Waals surface area contributed by atoms with E-state index < -0.39 is 5.97 Å². The zero-order valence-corrected chi connectivity index (χ0v) is 15.7. The summed E-state index contributed by atoms with van der Waals surface area (Å²) in [5.74, 6) is -0.978. The van der Waals surface area contributed by atoms with E-state index in [4.69, 9.17) is 16.7 Å². The van der Waals surface area contributed by atoms with Gasteiger partial charge in [-0.1, -0.05) is 18.0 Å². The topological polar surface area (TPSA) is 82.2 Å². The van der Waals surface area contributed by atoms with Crippen LogP contribution in [0.4, 0.5) is 5.69 Å². The molecular formula is C21H21ClN2O3. The Labute approximate surface area is 162 Å². The van der Waals surface area contributed by atoms with Gasteiger partial charge in [-0.2, -0.15) is 0 Å². The molecule has 0 unspecified atom stereocenters.